The average Bonchev–Trinajstić information content (AvgIpc) is 2.83. The van der Waals surface area contributed by atoms with Crippen LogP contribution in [-0.2, 0) is 11.2 Å². The first kappa shape index (κ1) is 15.1. The highest BCUT2D eigenvalue weighted by atomic mass is 16.5. The van der Waals surface area contributed by atoms with Crippen molar-refractivity contribution in [1.82, 2.24) is 15.5 Å². The molecule has 0 fully saturated rings. The summed E-state index contributed by atoms with van der Waals surface area (Å²) < 4.78 is 10.7. The van der Waals surface area contributed by atoms with Gasteiger partial charge < -0.3 is 14.6 Å². The van der Waals surface area contributed by atoms with Gasteiger partial charge in [-0.3, -0.25) is 0 Å². The van der Waals surface area contributed by atoms with Crippen LogP contribution in [-0.4, -0.2) is 29.3 Å². The van der Waals surface area contributed by atoms with E-state index in [2.05, 4.69) is 29.3 Å². The molecule has 5 heteroatoms. The molecule has 0 spiro atoms. The van der Waals surface area contributed by atoms with Crippen molar-refractivity contribution in [1.29, 1.82) is 0 Å². The van der Waals surface area contributed by atoms with Crippen LogP contribution in [0, 0.1) is 0 Å². The molecule has 18 heavy (non-hydrogen) atoms. The Morgan fingerprint density at radius 1 is 1.33 bits per heavy atom. The van der Waals surface area contributed by atoms with Crippen molar-refractivity contribution in [2.45, 2.75) is 59.1 Å². The van der Waals surface area contributed by atoms with Gasteiger partial charge in [0.15, 0.2) is 5.82 Å². The zero-order chi connectivity index (χ0) is 13.4. The van der Waals surface area contributed by atoms with Crippen LogP contribution in [0.3, 0.4) is 0 Å². The van der Waals surface area contributed by atoms with Gasteiger partial charge in [-0.15, -0.1) is 0 Å². The molecule has 1 N–H and O–H groups in total. The molecule has 1 heterocycles. The van der Waals surface area contributed by atoms with E-state index in [0.29, 0.717) is 24.4 Å². The van der Waals surface area contributed by atoms with Gasteiger partial charge in [0, 0.05) is 19.1 Å². The second-order valence-electron chi connectivity index (χ2n) is 4.41. The van der Waals surface area contributed by atoms with E-state index in [9.17, 15) is 0 Å². The highest BCUT2D eigenvalue weighted by molar-refractivity contribution is 4.92. The highest BCUT2D eigenvalue weighted by Crippen LogP contribution is 2.13. The summed E-state index contributed by atoms with van der Waals surface area (Å²) in [4.78, 5) is 4.38. The molecule has 104 valence electrons. The van der Waals surface area contributed by atoms with Crippen LogP contribution in [0.4, 0.5) is 0 Å². The Balaban J connectivity index is 2.51. The Labute approximate surface area is 109 Å². The minimum absolute atomic E-state index is 0.101. The van der Waals surface area contributed by atoms with Gasteiger partial charge in [-0.1, -0.05) is 19.0 Å². The van der Waals surface area contributed by atoms with Crippen LogP contribution in [0.1, 0.15) is 58.4 Å². The fourth-order valence-corrected chi connectivity index (χ4v) is 1.76. The van der Waals surface area contributed by atoms with Crippen molar-refractivity contribution in [3.05, 3.63) is 11.7 Å². The topological polar surface area (TPSA) is 60.2 Å². The van der Waals surface area contributed by atoms with Crippen molar-refractivity contribution in [3.8, 4) is 0 Å². The Morgan fingerprint density at radius 3 is 2.72 bits per heavy atom. The Morgan fingerprint density at radius 2 is 2.11 bits per heavy atom. The van der Waals surface area contributed by atoms with Gasteiger partial charge in [-0.25, -0.2) is 0 Å². The van der Waals surface area contributed by atoms with Crippen LogP contribution in [0.5, 0.6) is 0 Å². The summed E-state index contributed by atoms with van der Waals surface area (Å²) in [6.45, 7) is 9.89. The van der Waals surface area contributed by atoms with E-state index in [1.54, 1.807) is 0 Å². The lowest BCUT2D eigenvalue weighted by molar-refractivity contribution is 0.0683. The maximum absolute atomic E-state index is 5.44. The van der Waals surface area contributed by atoms with E-state index in [1.165, 1.54) is 0 Å². The normalized spacial score (nSPS) is 14.7. The number of nitrogens with one attached hydrogen (secondary N) is 1. The third kappa shape index (κ3) is 4.74. The predicted molar refractivity (Wildman–Crippen MR) is 70.4 cm³/mol. The van der Waals surface area contributed by atoms with Gasteiger partial charge in [0.1, 0.15) is 6.10 Å². The number of rotatable bonds is 9. The van der Waals surface area contributed by atoms with Gasteiger partial charge in [0.25, 0.3) is 0 Å². The molecule has 0 bridgehead atoms. The third-order valence-electron chi connectivity index (χ3n) is 2.86. The van der Waals surface area contributed by atoms with Crippen LogP contribution < -0.4 is 5.32 Å². The molecule has 2 atom stereocenters. The first-order valence-electron chi connectivity index (χ1n) is 6.88. The quantitative estimate of drug-likeness (QED) is 0.734. The molecule has 0 radical (unpaired) electrons. The summed E-state index contributed by atoms with van der Waals surface area (Å²) >= 11 is 0. The van der Waals surface area contributed by atoms with Crippen LogP contribution in [0.25, 0.3) is 0 Å². The van der Waals surface area contributed by atoms with Crippen molar-refractivity contribution >= 4 is 0 Å². The highest BCUT2D eigenvalue weighted by Gasteiger charge is 2.16. The average molecular weight is 255 g/mol. The van der Waals surface area contributed by atoms with Gasteiger partial charge >= 0.3 is 0 Å². The van der Waals surface area contributed by atoms with Gasteiger partial charge in [0.2, 0.25) is 5.89 Å². The van der Waals surface area contributed by atoms with Crippen LogP contribution >= 0.6 is 0 Å². The van der Waals surface area contributed by atoms with E-state index in [4.69, 9.17) is 9.26 Å². The largest absolute Gasteiger partial charge is 0.371 e. The first-order chi connectivity index (χ1) is 8.71. The van der Waals surface area contributed by atoms with Gasteiger partial charge in [0.05, 0.1) is 0 Å². The van der Waals surface area contributed by atoms with E-state index in [0.717, 1.165) is 25.8 Å². The maximum Gasteiger partial charge on any atom is 0.228 e. The zero-order valence-corrected chi connectivity index (χ0v) is 11.9. The van der Waals surface area contributed by atoms with E-state index < -0.39 is 0 Å². The molecule has 0 aromatic carbocycles. The third-order valence-corrected chi connectivity index (χ3v) is 2.86. The summed E-state index contributed by atoms with van der Waals surface area (Å²) in [6.07, 6.45) is 2.87. The molecule has 0 saturated carbocycles. The number of hydrogen-bond acceptors (Lipinski definition) is 5. The minimum Gasteiger partial charge on any atom is -0.371 e. The molecule has 1 rings (SSSR count). The van der Waals surface area contributed by atoms with Crippen LogP contribution in [0.15, 0.2) is 4.52 Å². The fraction of sp³-hybridized carbons (Fsp3) is 0.846. The standard InChI is InChI=1S/C13H25N3O2/c1-5-8-14-11(6-2)9-12-15-13(16-18-12)10(4)17-7-3/h10-11,14H,5-9H2,1-4H3. The lowest BCUT2D eigenvalue weighted by Gasteiger charge is -2.13. The second kappa shape index (κ2) is 8.21. The Hall–Kier alpha value is -0.940. The van der Waals surface area contributed by atoms with Gasteiger partial charge in [-0.05, 0) is 33.2 Å². The summed E-state index contributed by atoms with van der Waals surface area (Å²) in [5.74, 6) is 1.32. The number of aromatic nitrogens is 2. The molecular weight excluding hydrogens is 230 g/mol. The molecule has 1 aromatic rings. The summed E-state index contributed by atoms with van der Waals surface area (Å²) in [5.41, 5.74) is 0. The lowest BCUT2D eigenvalue weighted by atomic mass is 10.1. The second-order valence-corrected chi connectivity index (χ2v) is 4.41. The lowest BCUT2D eigenvalue weighted by Crippen LogP contribution is -2.31. The summed E-state index contributed by atoms with van der Waals surface area (Å²) in [7, 11) is 0. The van der Waals surface area contributed by atoms with E-state index >= 15 is 0 Å². The molecule has 2 unspecified atom stereocenters. The Bertz CT molecular complexity index is 328. The molecule has 0 aliphatic heterocycles. The predicted octanol–water partition coefficient (Wildman–Crippen LogP) is 2.49. The summed E-state index contributed by atoms with van der Waals surface area (Å²) in [5, 5.41) is 7.44. The monoisotopic (exact) mass is 255 g/mol. The number of nitrogens with zero attached hydrogens (tertiary/aromatic N) is 2. The molecule has 1 aromatic heterocycles. The van der Waals surface area contributed by atoms with Crippen molar-refractivity contribution in [2.24, 2.45) is 0 Å². The number of hydrogen-bond donors (Lipinski definition) is 1. The molecule has 0 saturated heterocycles. The van der Waals surface area contributed by atoms with E-state index in [1.807, 2.05) is 13.8 Å². The smallest absolute Gasteiger partial charge is 0.228 e. The van der Waals surface area contributed by atoms with Crippen molar-refractivity contribution in [2.75, 3.05) is 13.2 Å². The Kier molecular flexibility index (Phi) is 6.90. The molecule has 0 amide bonds. The fourth-order valence-electron chi connectivity index (χ4n) is 1.76. The number of ether oxygens (including phenoxy) is 1. The zero-order valence-electron chi connectivity index (χ0n) is 11.9. The molecule has 0 aliphatic rings. The van der Waals surface area contributed by atoms with Crippen molar-refractivity contribution in [3.63, 3.8) is 0 Å². The molecular formula is C13H25N3O2. The maximum atomic E-state index is 5.44. The molecule has 0 aliphatic carbocycles. The van der Waals surface area contributed by atoms with Crippen molar-refractivity contribution < 1.29 is 9.26 Å². The first-order valence-corrected chi connectivity index (χ1v) is 6.88. The van der Waals surface area contributed by atoms with Crippen LogP contribution in [0.2, 0.25) is 0 Å². The van der Waals surface area contributed by atoms with Gasteiger partial charge in [-0.2, -0.15) is 4.98 Å². The summed E-state index contributed by atoms with van der Waals surface area (Å²) in [6, 6.07) is 0.403. The molecule has 5 nitrogen and oxygen atoms in total. The van der Waals surface area contributed by atoms with E-state index in [-0.39, 0.29) is 6.10 Å². The SMILES string of the molecule is CCCNC(CC)Cc1nc(C(C)OCC)no1. The minimum atomic E-state index is -0.101.